The van der Waals surface area contributed by atoms with Crippen LogP contribution in [0.5, 0.6) is 5.75 Å². The number of imidazole rings is 1. The highest BCUT2D eigenvalue weighted by Crippen LogP contribution is 2.40. The maximum Gasteiger partial charge on any atom is 0.152 e. The zero-order chi connectivity index (χ0) is 19.7. The van der Waals surface area contributed by atoms with Crippen LogP contribution in [-0.2, 0) is 6.61 Å². The third-order valence-electron chi connectivity index (χ3n) is 5.90. The lowest BCUT2D eigenvalue weighted by atomic mass is 9.98. The van der Waals surface area contributed by atoms with Crippen LogP contribution in [0.15, 0.2) is 89.3 Å². The summed E-state index contributed by atoms with van der Waals surface area (Å²) in [6.45, 7) is 0.462. The summed E-state index contributed by atoms with van der Waals surface area (Å²) in [4.78, 5) is 4.73. The van der Waals surface area contributed by atoms with Gasteiger partial charge in [-0.25, -0.2) is 4.98 Å². The molecule has 30 heavy (non-hydrogen) atoms. The zero-order valence-corrected chi connectivity index (χ0v) is 16.0. The average Bonchev–Trinajstić information content (AvgIpc) is 3.37. The Kier molecular flexibility index (Phi) is 3.03. The predicted octanol–water partition coefficient (Wildman–Crippen LogP) is 6.48. The van der Waals surface area contributed by atoms with Crippen molar-refractivity contribution in [2.45, 2.75) is 6.61 Å². The summed E-state index contributed by atoms with van der Waals surface area (Å²) in [5.74, 6) is 1.80. The lowest BCUT2D eigenvalue weighted by Crippen LogP contribution is -2.13. The summed E-state index contributed by atoms with van der Waals surface area (Å²) in [5.41, 5.74) is 7.18. The number of benzene rings is 4. The minimum Gasteiger partial charge on any atom is -0.483 e. The second kappa shape index (κ2) is 5.74. The topological polar surface area (TPSA) is 40.2 Å². The van der Waals surface area contributed by atoms with Gasteiger partial charge >= 0.3 is 0 Å². The first-order chi connectivity index (χ1) is 14.9. The SMILES string of the molecule is c1ccc2c(c1)nc1n2-c2ccc(-c3cccc4oc5ccccc5c34)cc2OC1. The Morgan fingerprint density at radius 3 is 2.67 bits per heavy atom. The highest BCUT2D eigenvalue weighted by Gasteiger charge is 2.22. The molecule has 0 amide bonds. The normalized spacial score (nSPS) is 12.8. The highest BCUT2D eigenvalue weighted by atomic mass is 16.5. The maximum absolute atomic E-state index is 6.12. The van der Waals surface area contributed by atoms with Crippen molar-refractivity contribution >= 4 is 33.0 Å². The Hall–Kier alpha value is -4.05. The van der Waals surface area contributed by atoms with Gasteiger partial charge in [-0.1, -0.05) is 48.5 Å². The molecular formula is C26H16N2O2. The van der Waals surface area contributed by atoms with Crippen LogP contribution >= 0.6 is 0 Å². The summed E-state index contributed by atoms with van der Waals surface area (Å²) in [6, 6.07) is 29.0. The fraction of sp³-hybridized carbons (Fsp3) is 0.0385. The quantitative estimate of drug-likeness (QED) is 0.323. The van der Waals surface area contributed by atoms with Crippen molar-refractivity contribution in [3.8, 4) is 22.6 Å². The number of nitrogens with zero attached hydrogens (tertiary/aromatic N) is 2. The molecule has 1 aliphatic rings. The van der Waals surface area contributed by atoms with Crippen molar-refractivity contribution in [3.05, 3.63) is 90.8 Å². The van der Waals surface area contributed by atoms with Gasteiger partial charge in [-0.2, -0.15) is 0 Å². The molecule has 0 N–H and O–H groups in total. The number of aromatic nitrogens is 2. The van der Waals surface area contributed by atoms with Gasteiger partial charge < -0.3 is 9.15 Å². The molecule has 0 atom stereocenters. The molecule has 7 rings (SSSR count). The number of fused-ring (bicyclic) bond motifs is 8. The van der Waals surface area contributed by atoms with Crippen molar-refractivity contribution in [2.75, 3.05) is 0 Å². The lowest BCUT2D eigenvalue weighted by Gasteiger charge is -2.21. The minimum absolute atomic E-state index is 0.462. The second-order valence-electron chi connectivity index (χ2n) is 7.60. The Bertz CT molecular complexity index is 1610. The van der Waals surface area contributed by atoms with Gasteiger partial charge in [0.25, 0.3) is 0 Å². The van der Waals surface area contributed by atoms with E-state index in [1.807, 2.05) is 42.5 Å². The Balaban J connectivity index is 1.47. The summed E-state index contributed by atoms with van der Waals surface area (Å²) in [6.07, 6.45) is 0. The van der Waals surface area contributed by atoms with Gasteiger partial charge in [0.1, 0.15) is 23.5 Å². The third-order valence-corrected chi connectivity index (χ3v) is 5.90. The van der Waals surface area contributed by atoms with Crippen LogP contribution in [0, 0.1) is 0 Å². The molecule has 4 aromatic carbocycles. The molecule has 142 valence electrons. The van der Waals surface area contributed by atoms with E-state index in [9.17, 15) is 0 Å². The van der Waals surface area contributed by atoms with Gasteiger partial charge in [0.05, 0.1) is 16.7 Å². The van der Waals surface area contributed by atoms with Crippen molar-refractivity contribution in [1.82, 2.24) is 9.55 Å². The standard InChI is InChI=1S/C26H16N2O2/c1-4-10-22-18(6-1)26-17(7-5-11-23(26)30-22)16-12-13-21-24(14-16)29-15-25-27-19-8-2-3-9-20(19)28(21)25/h1-14H,15H2. The zero-order valence-electron chi connectivity index (χ0n) is 16.0. The number of hydrogen-bond donors (Lipinski definition) is 0. The van der Waals surface area contributed by atoms with Crippen molar-refractivity contribution < 1.29 is 9.15 Å². The Morgan fingerprint density at radius 1 is 0.800 bits per heavy atom. The summed E-state index contributed by atoms with van der Waals surface area (Å²) < 4.78 is 14.4. The van der Waals surface area contributed by atoms with Gasteiger partial charge in [0, 0.05) is 10.8 Å². The fourth-order valence-corrected chi connectivity index (χ4v) is 4.58. The van der Waals surface area contributed by atoms with Crippen LogP contribution in [0.3, 0.4) is 0 Å². The van der Waals surface area contributed by atoms with Crippen LogP contribution in [0.4, 0.5) is 0 Å². The lowest BCUT2D eigenvalue weighted by molar-refractivity contribution is 0.281. The van der Waals surface area contributed by atoms with E-state index < -0.39 is 0 Å². The fourth-order valence-electron chi connectivity index (χ4n) is 4.58. The second-order valence-corrected chi connectivity index (χ2v) is 7.60. The third kappa shape index (κ3) is 2.08. The van der Waals surface area contributed by atoms with Crippen LogP contribution in [0.1, 0.15) is 5.82 Å². The molecule has 0 unspecified atom stereocenters. The molecule has 0 saturated heterocycles. The van der Waals surface area contributed by atoms with Gasteiger partial charge in [0.15, 0.2) is 5.82 Å². The van der Waals surface area contributed by atoms with Gasteiger partial charge in [0.2, 0.25) is 0 Å². The Labute approximate surface area is 171 Å². The van der Waals surface area contributed by atoms with E-state index in [-0.39, 0.29) is 0 Å². The Morgan fingerprint density at radius 2 is 1.67 bits per heavy atom. The summed E-state index contributed by atoms with van der Waals surface area (Å²) in [7, 11) is 0. The first kappa shape index (κ1) is 15.8. The number of rotatable bonds is 1. The molecule has 0 aliphatic carbocycles. The molecule has 0 saturated carbocycles. The molecule has 1 aliphatic heterocycles. The first-order valence-corrected chi connectivity index (χ1v) is 10.0. The molecule has 6 aromatic rings. The van der Waals surface area contributed by atoms with Crippen LogP contribution in [0.25, 0.3) is 49.8 Å². The van der Waals surface area contributed by atoms with Gasteiger partial charge in [-0.15, -0.1) is 0 Å². The number of hydrogen-bond acceptors (Lipinski definition) is 3. The van der Waals surface area contributed by atoms with Crippen molar-refractivity contribution in [1.29, 1.82) is 0 Å². The summed E-state index contributed by atoms with van der Waals surface area (Å²) in [5, 5.41) is 2.27. The molecule has 4 nitrogen and oxygen atoms in total. The van der Waals surface area contributed by atoms with E-state index in [1.54, 1.807) is 0 Å². The van der Waals surface area contributed by atoms with E-state index in [1.165, 1.54) is 0 Å². The molecule has 4 heteroatoms. The summed E-state index contributed by atoms with van der Waals surface area (Å²) >= 11 is 0. The molecule has 0 radical (unpaired) electrons. The van der Waals surface area contributed by atoms with Gasteiger partial charge in [-0.05, 0) is 47.5 Å². The number of para-hydroxylation sites is 3. The molecule has 0 spiro atoms. The molecule has 0 fully saturated rings. The van der Waals surface area contributed by atoms with E-state index in [0.717, 1.165) is 61.4 Å². The average molecular weight is 388 g/mol. The van der Waals surface area contributed by atoms with E-state index in [0.29, 0.717) is 6.61 Å². The molecule has 0 bridgehead atoms. The first-order valence-electron chi connectivity index (χ1n) is 10.0. The smallest absolute Gasteiger partial charge is 0.152 e. The van der Waals surface area contributed by atoms with Crippen molar-refractivity contribution in [3.63, 3.8) is 0 Å². The molecule has 2 aromatic heterocycles. The number of furan rings is 1. The van der Waals surface area contributed by atoms with Crippen LogP contribution < -0.4 is 4.74 Å². The largest absolute Gasteiger partial charge is 0.483 e. The predicted molar refractivity (Wildman–Crippen MR) is 118 cm³/mol. The van der Waals surface area contributed by atoms with E-state index in [2.05, 4.69) is 47.0 Å². The van der Waals surface area contributed by atoms with Crippen molar-refractivity contribution in [2.24, 2.45) is 0 Å². The molecular weight excluding hydrogens is 372 g/mol. The maximum atomic E-state index is 6.12. The van der Waals surface area contributed by atoms with E-state index in [4.69, 9.17) is 14.1 Å². The highest BCUT2D eigenvalue weighted by molar-refractivity contribution is 6.12. The minimum atomic E-state index is 0.462. The number of ether oxygens (including phenoxy) is 1. The van der Waals surface area contributed by atoms with Crippen LogP contribution in [0.2, 0.25) is 0 Å². The van der Waals surface area contributed by atoms with Gasteiger partial charge in [-0.3, -0.25) is 4.57 Å². The van der Waals surface area contributed by atoms with E-state index >= 15 is 0 Å². The monoisotopic (exact) mass is 388 g/mol. The van der Waals surface area contributed by atoms with Crippen LogP contribution in [-0.4, -0.2) is 9.55 Å². The molecule has 3 heterocycles.